The Labute approximate surface area is 139 Å². The van der Waals surface area contributed by atoms with Gasteiger partial charge in [0.15, 0.2) is 0 Å². The summed E-state index contributed by atoms with van der Waals surface area (Å²) in [6.07, 6.45) is 0. The van der Waals surface area contributed by atoms with Gasteiger partial charge in [-0.25, -0.2) is 0 Å². The van der Waals surface area contributed by atoms with Crippen molar-refractivity contribution < 1.29 is 8.42 Å². The van der Waals surface area contributed by atoms with Gasteiger partial charge in [-0.3, -0.25) is 0 Å². The molecule has 1 N–H and O–H groups in total. The van der Waals surface area contributed by atoms with Crippen LogP contribution in [0.1, 0.15) is 18.1 Å². The largest absolute Gasteiger partial charge is 0.276 e. The van der Waals surface area contributed by atoms with Gasteiger partial charge in [-0.05, 0) is 43.7 Å². The summed E-state index contributed by atoms with van der Waals surface area (Å²) in [7, 11) is -3.69. The zero-order valence-corrected chi connectivity index (χ0v) is 14.3. The predicted octanol–water partition coefficient (Wildman–Crippen LogP) is 4.00. The maximum Gasteiger partial charge on any atom is 0.276 e. The summed E-state index contributed by atoms with van der Waals surface area (Å²) in [5.41, 5.74) is 2.14. The molecule has 0 aromatic heterocycles. The van der Waals surface area contributed by atoms with Crippen LogP contribution in [0, 0.1) is 6.92 Å². The van der Waals surface area contributed by atoms with E-state index in [0.29, 0.717) is 21.3 Å². The van der Waals surface area contributed by atoms with Crippen LogP contribution < -0.4 is 4.83 Å². The third-order valence-electron chi connectivity index (χ3n) is 3.00. The quantitative estimate of drug-likeness (QED) is 0.664. The van der Waals surface area contributed by atoms with E-state index in [-0.39, 0.29) is 4.90 Å². The molecule has 0 atom stereocenters. The summed E-state index contributed by atoms with van der Waals surface area (Å²) in [5.74, 6) is 0. The van der Waals surface area contributed by atoms with E-state index < -0.39 is 10.0 Å². The molecule has 2 aromatic carbocycles. The Balaban J connectivity index is 2.22. The van der Waals surface area contributed by atoms with Gasteiger partial charge in [0.1, 0.15) is 0 Å². The van der Waals surface area contributed by atoms with Crippen molar-refractivity contribution in [1.82, 2.24) is 4.83 Å². The molecule has 0 unspecified atom stereocenters. The number of rotatable bonds is 4. The van der Waals surface area contributed by atoms with Gasteiger partial charge < -0.3 is 0 Å². The molecule has 116 valence electrons. The average molecular weight is 357 g/mol. The number of nitrogens with zero attached hydrogens (tertiary/aromatic N) is 1. The average Bonchev–Trinajstić information content (AvgIpc) is 2.48. The molecule has 0 heterocycles. The lowest BCUT2D eigenvalue weighted by Crippen LogP contribution is -2.19. The molecule has 22 heavy (non-hydrogen) atoms. The minimum absolute atomic E-state index is 0.156. The SMILES string of the molecule is C/C(=N/NS(=O)(=O)c1ccc(C)cc1)c1ccc(Cl)c(Cl)c1. The second kappa shape index (κ2) is 6.69. The molecule has 0 saturated carbocycles. The van der Waals surface area contributed by atoms with Gasteiger partial charge in [-0.15, -0.1) is 0 Å². The normalized spacial score (nSPS) is 12.3. The highest BCUT2D eigenvalue weighted by Crippen LogP contribution is 2.22. The van der Waals surface area contributed by atoms with Gasteiger partial charge >= 0.3 is 0 Å². The van der Waals surface area contributed by atoms with Crippen LogP contribution in [-0.2, 0) is 10.0 Å². The van der Waals surface area contributed by atoms with Crippen LogP contribution in [0.25, 0.3) is 0 Å². The first-order valence-electron chi connectivity index (χ1n) is 6.38. The Kier molecular flexibility index (Phi) is 5.11. The van der Waals surface area contributed by atoms with Crippen LogP contribution in [-0.4, -0.2) is 14.1 Å². The molecular weight excluding hydrogens is 343 g/mol. The predicted molar refractivity (Wildman–Crippen MR) is 90.2 cm³/mol. The number of hydrogen-bond acceptors (Lipinski definition) is 3. The molecule has 2 rings (SSSR count). The summed E-state index contributed by atoms with van der Waals surface area (Å²) < 4.78 is 24.3. The van der Waals surface area contributed by atoms with E-state index in [4.69, 9.17) is 23.2 Å². The molecule has 7 heteroatoms. The molecule has 0 amide bonds. The van der Waals surface area contributed by atoms with Crippen LogP contribution >= 0.6 is 23.2 Å². The smallest absolute Gasteiger partial charge is 0.200 e. The number of benzene rings is 2. The Morgan fingerprint density at radius 2 is 1.68 bits per heavy atom. The first kappa shape index (κ1) is 16.8. The first-order chi connectivity index (χ1) is 10.3. The molecule has 0 spiro atoms. The van der Waals surface area contributed by atoms with Gasteiger partial charge in [-0.2, -0.15) is 18.4 Å². The molecule has 0 aliphatic rings. The highest BCUT2D eigenvalue weighted by atomic mass is 35.5. The first-order valence-corrected chi connectivity index (χ1v) is 8.62. The van der Waals surface area contributed by atoms with Crippen LogP contribution in [0.5, 0.6) is 0 Å². The van der Waals surface area contributed by atoms with Gasteiger partial charge in [0.05, 0.1) is 20.7 Å². The van der Waals surface area contributed by atoms with Crippen LogP contribution in [0.2, 0.25) is 10.0 Å². The Morgan fingerprint density at radius 3 is 2.27 bits per heavy atom. The molecule has 0 aliphatic heterocycles. The fourth-order valence-corrected chi connectivity index (χ4v) is 2.84. The minimum Gasteiger partial charge on any atom is -0.200 e. The third kappa shape index (κ3) is 4.00. The molecule has 0 bridgehead atoms. The topological polar surface area (TPSA) is 58.5 Å². The zero-order valence-electron chi connectivity index (χ0n) is 12.0. The van der Waals surface area contributed by atoms with E-state index in [1.54, 1.807) is 37.3 Å². The number of sulfonamides is 1. The maximum atomic E-state index is 12.1. The Bertz CT molecular complexity index is 816. The van der Waals surface area contributed by atoms with Crippen molar-refractivity contribution in [3.05, 3.63) is 63.6 Å². The van der Waals surface area contributed by atoms with E-state index in [1.165, 1.54) is 12.1 Å². The second-order valence-electron chi connectivity index (χ2n) is 4.73. The van der Waals surface area contributed by atoms with Gasteiger partial charge in [0, 0.05) is 0 Å². The molecule has 0 fully saturated rings. The lowest BCUT2D eigenvalue weighted by Gasteiger charge is -2.06. The van der Waals surface area contributed by atoms with Crippen molar-refractivity contribution in [2.45, 2.75) is 18.7 Å². The van der Waals surface area contributed by atoms with Gasteiger partial charge in [0.2, 0.25) is 0 Å². The van der Waals surface area contributed by atoms with Crippen molar-refractivity contribution in [1.29, 1.82) is 0 Å². The molecule has 0 aliphatic carbocycles. The summed E-state index contributed by atoms with van der Waals surface area (Å²) in [5, 5.41) is 4.73. The van der Waals surface area contributed by atoms with Crippen molar-refractivity contribution in [3.8, 4) is 0 Å². The number of hydrogen-bond donors (Lipinski definition) is 1. The second-order valence-corrected chi connectivity index (χ2v) is 7.21. The standard InChI is InChI=1S/C15H14Cl2N2O2S/c1-10-3-6-13(7-4-10)22(20,21)19-18-11(2)12-5-8-14(16)15(17)9-12/h3-9,19H,1-2H3/b18-11-. The van der Waals surface area contributed by atoms with Crippen molar-refractivity contribution >= 4 is 38.9 Å². The summed E-state index contributed by atoms with van der Waals surface area (Å²) in [6, 6.07) is 11.5. The molecule has 2 aromatic rings. The van der Waals surface area contributed by atoms with E-state index >= 15 is 0 Å². The van der Waals surface area contributed by atoms with Gasteiger partial charge in [0.25, 0.3) is 10.0 Å². The molecular formula is C15H14Cl2N2O2S. The third-order valence-corrected chi connectivity index (χ3v) is 4.97. The zero-order chi connectivity index (χ0) is 16.3. The lowest BCUT2D eigenvalue weighted by molar-refractivity contribution is 0.584. The molecule has 0 saturated heterocycles. The fraction of sp³-hybridized carbons (Fsp3) is 0.133. The summed E-state index contributed by atoms with van der Waals surface area (Å²) >= 11 is 11.8. The molecule has 0 radical (unpaired) electrons. The monoisotopic (exact) mass is 356 g/mol. The van der Waals surface area contributed by atoms with E-state index in [2.05, 4.69) is 9.93 Å². The summed E-state index contributed by atoms with van der Waals surface area (Å²) in [4.78, 5) is 2.37. The number of halogens is 2. The van der Waals surface area contributed by atoms with Gasteiger partial charge in [-0.1, -0.05) is 47.0 Å². The number of nitrogens with one attached hydrogen (secondary N) is 1. The van der Waals surface area contributed by atoms with Crippen molar-refractivity contribution in [2.75, 3.05) is 0 Å². The fourth-order valence-electron chi connectivity index (χ4n) is 1.68. The Morgan fingerprint density at radius 1 is 1.05 bits per heavy atom. The van der Waals surface area contributed by atoms with E-state index in [9.17, 15) is 8.42 Å². The number of aryl methyl sites for hydroxylation is 1. The Hall–Kier alpha value is -1.56. The van der Waals surface area contributed by atoms with E-state index in [0.717, 1.165) is 5.56 Å². The molecule has 4 nitrogen and oxygen atoms in total. The van der Waals surface area contributed by atoms with Crippen LogP contribution in [0.4, 0.5) is 0 Å². The minimum atomic E-state index is -3.69. The van der Waals surface area contributed by atoms with Crippen molar-refractivity contribution in [2.24, 2.45) is 5.10 Å². The van der Waals surface area contributed by atoms with Crippen LogP contribution in [0.3, 0.4) is 0 Å². The van der Waals surface area contributed by atoms with Crippen molar-refractivity contribution in [3.63, 3.8) is 0 Å². The lowest BCUT2D eigenvalue weighted by atomic mass is 10.1. The highest BCUT2D eigenvalue weighted by molar-refractivity contribution is 7.89. The maximum absolute atomic E-state index is 12.1. The summed E-state index contributed by atoms with van der Waals surface area (Å²) in [6.45, 7) is 3.56. The van der Waals surface area contributed by atoms with Crippen LogP contribution in [0.15, 0.2) is 52.5 Å². The highest BCUT2D eigenvalue weighted by Gasteiger charge is 2.12. The van der Waals surface area contributed by atoms with E-state index in [1.807, 2.05) is 6.92 Å². The number of hydrazone groups is 1.